The van der Waals surface area contributed by atoms with Crippen molar-refractivity contribution in [3.05, 3.63) is 33.9 Å². The van der Waals surface area contributed by atoms with Crippen LogP contribution in [0.5, 0.6) is 0 Å². The lowest BCUT2D eigenvalue weighted by molar-refractivity contribution is -0.383. The lowest BCUT2D eigenvalue weighted by atomic mass is 10.0. The summed E-state index contributed by atoms with van der Waals surface area (Å²) in [6, 6.07) is 4.34. The van der Waals surface area contributed by atoms with Crippen LogP contribution in [0.1, 0.15) is 37.0 Å². The van der Waals surface area contributed by atoms with E-state index in [0.717, 1.165) is 12.8 Å². The van der Waals surface area contributed by atoms with Crippen LogP contribution in [0.4, 0.5) is 11.4 Å². The van der Waals surface area contributed by atoms with Crippen LogP contribution in [0.3, 0.4) is 0 Å². The standard InChI is InChI=1S/C13H17N3O3/c1-13(2)7-4-8-15(13)12(17)9-5-3-6-10(11(9)14)16(18)19/h3,5-6H,4,7-8,14H2,1-2H3. The first-order chi connectivity index (χ1) is 8.84. The smallest absolute Gasteiger partial charge is 0.292 e. The number of carbonyl (C=O) groups excluding carboxylic acids is 1. The number of benzene rings is 1. The van der Waals surface area contributed by atoms with Gasteiger partial charge in [0.05, 0.1) is 10.5 Å². The summed E-state index contributed by atoms with van der Waals surface area (Å²) in [4.78, 5) is 24.5. The number of para-hydroxylation sites is 1. The van der Waals surface area contributed by atoms with Gasteiger partial charge in [-0.25, -0.2) is 0 Å². The van der Waals surface area contributed by atoms with Gasteiger partial charge >= 0.3 is 0 Å². The Hall–Kier alpha value is -2.11. The molecule has 1 aliphatic rings. The lowest BCUT2D eigenvalue weighted by Gasteiger charge is -2.31. The van der Waals surface area contributed by atoms with Crippen LogP contribution in [0, 0.1) is 10.1 Å². The molecule has 1 fully saturated rings. The number of nitro benzene ring substituents is 1. The van der Waals surface area contributed by atoms with E-state index in [2.05, 4.69) is 0 Å². The summed E-state index contributed by atoms with van der Waals surface area (Å²) in [5.41, 5.74) is 5.46. The predicted octanol–water partition coefficient (Wildman–Crippen LogP) is 2.19. The molecule has 6 heteroatoms. The van der Waals surface area contributed by atoms with Crippen molar-refractivity contribution < 1.29 is 9.72 Å². The number of rotatable bonds is 2. The van der Waals surface area contributed by atoms with E-state index >= 15 is 0 Å². The van der Waals surface area contributed by atoms with Crippen molar-refractivity contribution in [2.24, 2.45) is 0 Å². The van der Waals surface area contributed by atoms with Gasteiger partial charge in [0.2, 0.25) is 0 Å². The number of nitro groups is 1. The van der Waals surface area contributed by atoms with E-state index in [1.807, 2.05) is 13.8 Å². The number of anilines is 1. The maximum atomic E-state index is 12.5. The van der Waals surface area contributed by atoms with Crippen molar-refractivity contribution in [2.45, 2.75) is 32.2 Å². The highest BCUT2D eigenvalue weighted by Gasteiger charge is 2.37. The van der Waals surface area contributed by atoms with Crippen molar-refractivity contribution in [1.82, 2.24) is 4.90 Å². The lowest BCUT2D eigenvalue weighted by Crippen LogP contribution is -2.42. The van der Waals surface area contributed by atoms with E-state index in [-0.39, 0.29) is 28.4 Å². The number of hydrogen-bond acceptors (Lipinski definition) is 4. The molecular weight excluding hydrogens is 246 g/mol. The van der Waals surface area contributed by atoms with Gasteiger partial charge in [0.25, 0.3) is 11.6 Å². The largest absolute Gasteiger partial charge is 0.393 e. The van der Waals surface area contributed by atoms with Crippen LogP contribution in [-0.2, 0) is 0 Å². The topological polar surface area (TPSA) is 89.5 Å². The zero-order valence-corrected chi connectivity index (χ0v) is 11.0. The summed E-state index contributed by atoms with van der Waals surface area (Å²) in [5.74, 6) is -0.233. The molecule has 2 rings (SSSR count). The second-order valence-corrected chi connectivity index (χ2v) is 5.37. The molecule has 0 aliphatic carbocycles. The Balaban J connectivity index is 2.40. The van der Waals surface area contributed by atoms with E-state index in [1.54, 1.807) is 11.0 Å². The number of amides is 1. The molecule has 0 unspecified atom stereocenters. The van der Waals surface area contributed by atoms with Crippen LogP contribution < -0.4 is 5.73 Å². The van der Waals surface area contributed by atoms with Crippen molar-refractivity contribution in [3.63, 3.8) is 0 Å². The van der Waals surface area contributed by atoms with Gasteiger partial charge in [-0.2, -0.15) is 0 Å². The van der Waals surface area contributed by atoms with E-state index in [1.165, 1.54) is 12.1 Å². The molecule has 1 amide bonds. The van der Waals surface area contributed by atoms with Crippen LogP contribution >= 0.6 is 0 Å². The highest BCUT2D eigenvalue weighted by molar-refractivity contribution is 6.01. The van der Waals surface area contributed by atoms with Gasteiger partial charge in [-0.15, -0.1) is 0 Å². The minimum atomic E-state index is -0.568. The highest BCUT2D eigenvalue weighted by Crippen LogP contribution is 2.32. The Bertz CT molecular complexity index is 540. The van der Waals surface area contributed by atoms with E-state index < -0.39 is 4.92 Å². The number of nitrogen functional groups attached to an aromatic ring is 1. The van der Waals surface area contributed by atoms with Gasteiger partial charge in [0, 0.05) is 18.2 Å². The van der Waals surface area contributed by atoms with Gasteiger partial charge in [-0.05, 0) is 32.8 Å². The molecule has 19 heavy (non-hydrogen) atoms. The SMILES string of the molecule is CC1(C)CCCN1C(=O)c1cccc([N+](=O)[O-])c1N. The van der Waals surface area contributed by atoms with Gasteiger partial charge in [-0.1, -0.05) is 6.07 Å². The Morgan fingerprint density at radius 1 is 1.47 bits per heavy atom. The first-order valence-corrected chi connectivity index (χ1v) is 6.19. The van der Waals surface area contributed by atoms with Crippen molar-refractivity contribution >= 4 is 17.3 Å². The average molecular weight is 263 g/mol. The fourth-order valence-electron chi connectivity index (χ4n) is 2.53. The average Bonchev–Trinajstić information content (AvgIpc) is 2.68. The Morgan fingerprint density at radius 3 is 2.68 bits per heavy atom. The van der Waals surface area contributed by atoms with Gasteiger partial charge < -0.3 is 10.6 Å². The Labute approximate surface area is 111 Å². The third-order valence-corrected chi connectivity index (χ3v) is 3.66. The summed E-state index contributed by atoms with van der Waals surface area (Å²) in [6.45, 7) is 4.64. The second kappa shape index (κ2) is 4.53. The minimum absolute atomic E-state index is 0.0554. The molecule has 1 aromatic carbocycles. The molecule has 2 N–H and O–H groups in total. The summed E-state index contributed by atoms with van der Waals surface area (Å²) in [5, 5.41) is 10.8. The molecule has 6 nitrogen and oxygen atoms in total. The zero-order valence-electron chi connectivity index (χ0n) is 11.0. The van der Waals surface area contributed by atoms with Gasteiger partial charge in [0.15, 0.2) is 0 Å². The number of hydrogen-bond donors (Lipinski definition) is 1. The maximum Gasteiger partial charge on any atom is 0.292 e. The summed E-state index contributed by atoms with van der Waals surface area (Å²) < 4.78 is 0. The fourth-order valence-corrected chi connectivity index (χ4v) is 2.53. The van der Waals surface area contributed by atoms with Crippen LogP contribution in [0.15, 0.2) is 18.2 Å². The maximum absolute atomic E-state index is 12.5. The third-order valence-electron chi connectivity index (χ3n) is 3.66. The molecule has 1 saturated heterocycles. The predicted molar refractivity (Wildman–Crippen MR) is 71.9 cm³/mol. The molecule has 0 saturated carbocycles. The molecule has 0 spiro atoms. The molecule has 102 valence electrons. The molecule has 1 aliphatic heterocycles. The van der Waals surface area contributed by atoms with Crippen molar-refractivity contribution in [1.29, 1.82) is 0 Å². The Kier molecular flexibility index (Phi) is 3.18. The monoisotopic (exact) mass is 263 g/mol. The molecule has 0 bridgehead atoms. The number of likely N-dealkylation sites (tertiary alicyclic amines) is 1. The number of nitrogens with two attached hydrogens (primary N) is 1. The molecule has 0 radical (unpaired) electrons. The molecule has 0 atom stereocenters. The molecule has 0 aromatic heterocycles. The number of nitrogens with zero attached hydrogens (tertiary/aromatic N) is 2. The highest BCUT2D eigenvalue weighted by atomic mass is 16.6. The fraction of sp³-hybridized carbons (Fsp3) is 0.462. The van der Waals surface area contributed by atoms with Gasteiger partial charge in [0.1, 0.15) is 5.69 Å². The van der Waals surface area contributed by atoms with Crippen LogP contribution in [0.25, 0.3) is 0 Å². The molecular formula is C13H17N3O3. The first kappa shape index (κ1) is 13.3. The second-order valence-electron chi connectivity index (χ2n) is 5.37. The summed E-state index contributed by atoms with van der Waals surface area (Å²) in [6.07, 6.45) is 1.86. The van der Waals surface area contributed by atoms with Crippen LogP contribution in [0.2, 0.25) is 0 Å². The van der Waals surface area contributed by atoms with Crippen molar-refractivity contribution in [2.75, 3.05) is 12.3 Å². The Morgan fingerprint density at radius 2 is 2.16 bits per heavy atom. The minimum Gasteiger partial charge on any atom is -0.393 e. The van der Waals surface area contributed by atoms with Crippen LogP contribution in [-0.4, -0.2) is 27.8 Å². The zero-order chi connectivity index (χ0) is 14.2. The first-order valence-electron chi connectivity index (χ1n) is 6.19. The van der Waals surface area contributed by atoms with E-state index in [9.17, 15) is 14.9 Å². The summed E-state index contributed by atoms with van der Waals surface area (Å²) >= 11 is 0. The van der Waals surface area contributed by atoms with E-state index in [0.29, 0.717) is 6.54 Å². The quantitative estimate of drug-likeness (QED) is 0.503. The van der Waals surface area contributed by atoms with E-state index in [4.69, 9.17) is 5.73 Å². The molecule has 1 heterocycles. The molecule has 1 aromatic rings. The van der Waals surface area contributed by atoms with Crippen molar-refractivity contribution in [3.8, 4) is 0 Å². The van der Waals surface area contributed by atoms with Gasteiger partial charge in [-0.3, -0.25) is 14.9 Å². The number of carbonyl (C=O) groups is 1. The third kappa shape index (κ3) is 2.25. The summed E-state index contributed by atoms with van der Waals surface area (Å²) in [7, 11) is 0. The normalized spacial score (nSPS) is 17.5.